The maximum Gasteiger partial charge on any atom is 0.534 e. The number of benzene rings is 1. The van der Waals surface area contributed by atoms with Gasteiger partial charge in [-0.25, -0.2) is 0 Å². The molecule has 0 unspecified atom stereocenters. The first-order valence-electron chi connectivity index (χ1n) is 8.28. The number of aromatic nitrogens is 1. The van der Waals surface area contributed by atoms with E-state index in [9.17, 15) is 26.4 Å². The summed E-state index contributed by atoms with van der Waals surface area (Å²) in [4.78, 5) is 16.2. The molecule has 2 aromatic rings. The molecule has 1 fully saturated rings. The lowest BCUT2D eigenvalue weighted by molar-refractivity contribution is -0.143. The molecule has 1 aromatic carbocycles. The lowest BCUT2D eigenvalue weighted by Crippen LogP contribution is -2.28. The van der Waals surface area contributed by atoms with Crippen LogP contribution in [-0.4, -0.2) is 39.1 Å². The molecule has 0 amide bonds. The number of hydrogen-bond donors (Lipinski definition) is 0. The van der Waals surface area contributed by atoms with Gasteiger partial charge in [0.05, 0.1) is 25.3 Å². The highest BCUT2D eigenvalue weighted by Crippen LogP contribution is 2.49. The van der Waals surface area contributed by atoms with E-state index in [2.05, 4.69) is 9.17 Å². The fraction of sp³-hybridized carbons (Fsp3) is 0.333. The van der Waals surface area contributed by atoms with E-state index in [0.29, 0.717) is 29.7 Å². The molecule has 0 atom stereocenters. The zero-order valence-corrected chi connectivity index (χ0v) is 16.1. The average molecular weight is 431 g/mol. The van der Waals surface area contributed by atoms with Gasteiger partial charge in [0.15, 0.2) is 11.5 Å². The molecule has 11 heteroatoms. The fourth-order valence-electron chi connectivity index (χ4n) is 2.84. The van der Waals surface area contributed by atoms with Crippen LogP contribution >= 0.6 is 0 Å². The van der Waals surface area contributed by atoms with E-state index >= 15 is 0 Å². The Kier molecular flexibility index (Phi) is 5.20. The number of ether oxygens (including phenoxy) is 2. The van der Waals surface area contributed by atoms with Crippen molar-refractivity contribution in [2.45, 2.75) is 23.8 Å². The fourth-order valence-corrected chi connectivity index (χ4v) is 3.31. The van der Waals surface area contributed by atoms with Gasteiger partial charge in [-0.15, -0.1) is 0 Å². The smallest absolute Gasteiger partial charge is 0.493 e. The molecule has 0 bridgehead atoms. The van der Waals surface area contributed by atoms with E-state index in [-0.39, 0.29) is 11.7 Å². The molecule has 1 aromatic heterocycles. The topological polar surface area (TPSA) is 91.8 Å². The standard InChI is InChI=1S/C18H16F3NO6S/c1-26-15-9-11(3-6-14(15)28-29(24,25)18(19,20)21)13-5-4-12(10-22-13)17(7-8-17)16(23)27-2/h3-6,9-10H,7-8H2,1-2H3. The first-order chi connectivity index (χ1) is 13.5. The highest BCUT2D eigenvalue weighted by Gasteiger charge is 2.52. The number of methoxy groups -OCH3 is 2. The van der Waals surface area contributed by atoms with Crippen LogP contribution in [0.4, 0.5) is 13.2 Å². The maximum atomic E-state index is 12.5. The van der Waals surface area contributed by atoms with Crippen molar-refractivity contribution in [2.24, 2.45) is 0 Å². The molecule has 29 heavy (non-hydrogen) atoms. The number of hydrogen-bond acceptors (Lipinski definition) is 7. The third-order valence-corrected chi connectivity index (χ3v) is 5.55. The van der Waals surface area contributed by atoms with E-state index < -0.39 is 26.8 Å². The quantitative estimate of drug-likeness (QED) is 0.394. The Morgan fingerprint density at radius 3 is 2.28 bits per heavy atom. The number of halogens is 3. The summed E-state index contributed by atoms with van der Waals surface area (Å²) in [6.45, 7) is 0. The molecular weight excluding hydrogens is 415 g/mol. The number of pyridine rings is 1. The number of rotatable bonds is 6. The molecule has 1 heterocycles. The van der Waals surface area contributed by atoms with Gasteiger partial charge in [-0.3, -0.25) is 9.78 Å². The van der Waals surface area contributed by atoms with Crippen LogP contribution in [0.5, 0.6) is 11.5 Å². The molecule has 0 radical (unpaired) electrons. The monoisotopic (exact) mass is 431 g/mol. The molecule has 1 saturated carbocycles. The largest absolute Gasteiger partial charge is 0.534 e. The van der Waals surface area contributed by atoms with Crippen molar-refractivity contribution in [3.8, 4) is 22.8 Å². The van der Waals surface area contributed by atoms with Crippen LogP contribution in [0, 0.1) is 0 Å². The van der Waals surface area contributed by atoms with Crippen molar-refractivity contribution in [2.75, 3.05) is 14.2 Å². The number of carbonyl (C=O) groups excluding carboxylic acids is 1. The Hall–Kier alpha value is -2.82. The Labute approximate surface area is 164 Å². The summed E-state index contributed by atoms with van der Waals surface area (Å²) in [5.41, 5.74) is -4.64. The Morgan fingerprint density at radius 1 is 1.10 bits per heavy atom. The van der Waals surface area contributed by atoms with Crippen LogP contribution in [0.3, 0.4) is 0 Å². The van der Waals surface area contributed by atoms with Crippen LogP contribution in [0.25, 0.3) is 11.3 Å². The summed E-state index contributed by atoms with van der Waals surface area (Å²) >= 11 is 0. The van der Waals surface area contributed by atoms with E-state index in [0.717, 1.165) is 13.2 Å². The van der Waals surface area contributed by atoms with Gasteiger partial charge in [0, 0.05) is 11.8 Å². The van der Waals surface area contributed by atoms with Gasteiger partial charge in [0.2, 0.25) is 0 Å². The van der Waals surface area contributed by atoms with Crippen molar-refractivity contribution in [3.63, 3.8) is 0 Å². The highest BCUT2D eigenvalue weighted by molar-refractivity contribution is 7.88. The van der Waals surface area contributed by atoms with E-state index in [1.54, 1.807) is 12.1 Å². The van der Waals surface area contributed by atoms with E-state index in [1.807, 2.05) is 0 Å². The van der Waals surface area contributed by atoms with Gasteiger partial charge < -0.3 is 13.7 Å². The number of alkyl halides is 3. The van der Waals surface area contributed by atoms with Crippen LogP contribution in [0.2, 0.25) is 0 Å². The van der Waals surface area contributed by atoms with Gasteiger partial charge >= 0.3 is 21.6 Å². The van der Waals surface area contributed by atoms with Crippen molar-refractivity contribution >= 4 is 16.1 Å². The minimum Gasteiger partial charge on any atom is -0.493 e. The normalized spacial score (nSPS) is 15.5. The first kappa shape index (κ1) is 20.9. The van der Waals surface area contributed by atoms with Crippen molar-refractivity contribution in [1.29, 1.82) is 0 Å². The van der Waals surface area contributed by atoms with Gasteiger partial charge in [-0.2, -0.15) is 21.6 Å². The third kappa shape index (κ3) is 3.86. The predicted octanol–water partition coefficient (Wildman–Crippen LogP) is 3.19. The zero-order chi connectivity index (χ0) is 21.4. The summed E-state index contributed by atoms with van der Waals surface area (Å²) in [6, 6.07) is 7.05. The summed E-state index contributed by atoms with van der Waals surface area (Å²) in [6.07, 6.45) is 2.85. The first-order valence-corrected chi connectivity index (χ1v) is 9.69. The van der Waals surface area contributed by atoms with Gasteiger partial charge in [-0.05, 0) is 42.7 Å². The lowest BCUT2D eigenvalue weighted by Gasteiger charge is -2.14. The predicted molar refractivity (Wildman–Crippen MR) is 94.8 cm³/mol. The van der Waals surface area contributed by atoms with Crippen LogP contribution in [-0.2, 0) is 25.1 Å². The average Bonchev–Trinajstić information content (AvgIpc) is 3.48. The van der Waals surface area contributed by atoms with Crippen molar-refractivity contribution in [1.82, 2.24) is 4.98 Å². The maximum absolute atomic E-state index is 12.5. The molecule has 7 nitrogen and oxygen atoms in total. The second kappa shape index (κ2) is 7.21. The molecule has 1 aliphatic carbocycles. The molecule has 0 saturated heterocycles. The van der Waals surface area contributed by atoms with Crippen LogP contribution in [0.1, 0.15) is 18.4 Å². The summed E-state index contributed by atoms with van der Waals surface area (Å²) < 4.78 is 73.9. The lowest BCUT2D eigenvalue weighted by atomic mass is 9.97. The Morgan fingerprint density at radius 2 is 1.79 bits per heavy atom. The van der Waals surface area contributed by atoms with Gasteiger partial charge in [0.25, 0.3) is 0 Å². The molecule has 156 valence electrons. The number of esters is 1. The minimum absolute atomic E-state index is 0.213. The third-order valence-electron chi connectivity index (χ3n) is 4.58. The molecule has 3 rings (SSSR count). The van der Waals surface area contributed by atoms with Crippen molar-refractivity contribution in [3.05, 3.63) is 42.1 Å². The van der Waals surface area contributed by atoms with E-state index in [1.165, 1.54) is 25.4 Å². The molecule has 0 aliphatic heterocycles. The van der Waals surface area contributed by atoms with Crippen LogP contribution < -0.4 is 8.92 Å². The summed E-state index contributed by atoms with van der Waals surface area (Å²) in [7, 11) is -3.34. The summed E-state index contributed by atoms with van der Waals surface area (Å²) in [5.74, 6) is -1.15. The van der Waals surface area contributed by atoms with Gasteiger partial charge in [0.1, 0.15) is 0 Å². The number of carbonyl (C=O) groups is 1. The van der Waals surface area contributed by atoms with E-state index in [4.69, 9.17) is 9.47 Å². The number of nitrogens with zero attached hydrogens (tertiary/aromatic N) is 1. The summed E-state index contributed by atoms with van der Waals surface area (Å²) in [5, 5.41) is 0. The highest BCUT2D eigenvalue weighted by atomic mass is 32.2. The van der Waals surface area contributed by atoms with Gasteiger partial charge in [-0.1, -0.05) is 6.07 Å². The van der Waals surface area contributed by atoms with Crippen LogP contribution in [0.15, 0.2) is 36.5 Å². The second-order valence-corrected chi connectivity index (χ2v) is 7.89. The zero-order valence-electron chi connectivity index (χ0n) is 15.3. The molecule has 0 N–H and O–H groups in total. The second-order valence-electron chi connectivity index (χ2n) is 6.35. The molecule has 1 aliphatic rings. The molecular formula is C18H16F3NO6S. The Balaban J connectivity index is 1.88. The molecule has 0 spiro atoms. The Bertz CT molecular complexity index is 1030. The van der Waals surface area contributed by atoms with Crippen molar-refractivity contribution < 1.29 is 40.0 Å². The SMILES string of the molecule is COC(=O)C1(c2ccc(-c3ccc(OS(=O)(=O)C(F)(F)F)c(OC)c3)nc2)CC1. The minimum atomic E-state index is -5.83.